The van der Waals surface area contributed by atoms with Gasteiger partial charge in [-0.15, -0.1) is 0 Å². The maximum absolute atomic E-state index is 6.08. The van der Waals surface area contributed by atoms with Gasteiger partial charge in [0.1, 0.15) is 5.75 Å². The molecule has 3 rings (SSSR count). The number of hydrogen-bond donors (Lipinski definition) is 1. The molecule has 0 spiro atoms. The van der Waals surface area contributed by atoms with Crippen molar-refractivity contribution in [1.29, 1.82) is 0 Å². The second kappa shape index (κ2) is 5.09. The third-order valence-electron chi connectivity index (χ3n) is 4.68. The number of para-hydroxylation sites is 1. The van der Waals surface area contributed by atoms with Gasteiger partial charge in [-0.2, -0.15) is 0 Å². The number of ether oxygens (including phenoxy) is 1. The van der Waals surface area contributed by atoms with Gasteiger partial charge in [-0.05, 0) is 43.7 Å². The second-order valence-electron chi connectivity index (χ2n) is 5.99. The van der Waals surface area contributed by atoms with Crippen molar-refractivity contribution in [3.05, 3.63) is 24.1 Å². The molecule has 0 aliphatic heterocycles. The van der Waals surface area contributed by atoms with Gasteiger partial charge >= 0.3 is 0 Å². The number of oxazole rings is 1. The van der Waals surface area contributed by atoms with E-state index in [0.29, 0.717) is 6.54 Å². The molecule has 108 valence electrons. The Kier molecular flexibility index (Phi) is 3.42. The van der Waals surface area contributed by atoms with Gasteiger partial charge in [0.25, 0.3) is 0 Å². The normalized spacial score (nSPS) is 26.9. The zero-order valence-corrected chi connectivity index (χ0v) is 12.2. The highest BCUT2D eigenvalue weighted by Gasteiger charge is 2.39. The van der Waals surface area contributed by atoms with Gasteiger partial charge < -0.3 is 14.9 Å². The van der Waals surface area contributed by atoms with E-state index >= 15 is 0 Å². The summed E-state index contributed by atoms with van der Waals surface area (Å²) in [6.45, 7) is 2.89. The molecule has 1 aromatic heterocycles. The van der Waals surface area contributed by atoms with Crippen molar-refractivity contribution in [2.24, 2.45) is 11.7 Å². The van der Waals surface area contributed by atoms with Crippen molar-refractivity contribution in [1.82, 2.24) is 4.98 Å². The van der Waals surface area contributed by atoms with E-state index in [0.717, 1.165) is 41.5 Å². The van der Waals surface area contributed by atoms with Crippen molar-refractivity contribution < 1.29 is 9.15 Å². The molecule has 4 heteroatoms. The van der Waals surface area contributed by atoms with Gasteiger partial charge in [-0.1, -0.05) is 13.0 Å². The molecular formula is C16H22N2O2. The summed E-state index contributed by atoms with van der Waals surface area (Å²) in [6.07, 6.45) is 4.49. The number of hydrogen-bond acceptors (Lipinski definition) is 4. The highest BCUT2D eigenvalue weighted by molar-refractivity contribution is 5.79. The first-order valence-electron chi connectivity index (χ1n) is 7.32. The minimum atomic E-state index is -0.101. The molecule has 2 N–H and O–H groups in total. The molecule has 0 radical (unpaired) electrons. The van der Waals surface area contributed by atoms with Gasteiger partial charge in [-0.3, -0.25) is 0 Å². The lowest BCUT2D eigenvalue weighted by atomic mass is 9.71. The Hall–Kier alpha value is -1.55. The van der Waals surface area contributed by atoms with E-state index in [1.807, 2.05) is 18.2 Å². The zero-order valence-electron chi connectivity index (χ0n) is 12.2. The van der Waals surface area contributed by atoms with Crippen LogP contribution in [0, 0.1) is 5.92 Å². The van der Waals surface area contributed by atoms with E-state index in [9.17, 15) is 0 Å². The van der Waals surface area contributed by atoms with E-state index in [1.54, 1.807) is 7.11 Å². The fourth-order valence-electron chi connectivity index (χ4n) is 3.13. The van der Waals surface area contributed by atoms with Crippen LogP contribution in [0.1, 0.15) is 38.5 Å². The second-order valence-corrected chi connectivity index (χ2v) is 5.99. The lowest BCUT2D eigenvalue weighted by molar-refractivity contribution is 0.210. The third kappa shape index (κ3) is 2.08. The predicted molar refractivity (Wildman–Crippen MR) is 78.9 cm³/mol. The van der Waals surface area contributed by atoms with Crippen molar-refractivity contribution in [2.75, 3.05) is 13.7 Å². The zero-order chi connectivity index (χ0) is 14.2. The number of methoxy groups -OCH3 is 1. The summed E-state index contributed by atoms with van der Waals surface area (Å²) in [7, 11) is 1.66. The molecule has 0 atom stereocenters. The molecule has 1 aliphatic carbocycles. The van der Waals surface area contributed by atoms with E-state index in [2.05, 4.69) is 6.92 Å². The summed E-state index contributed by atoms with van der Waals surface area (Å²) < 4.78 is 11.4. The molecule has 1 aliphatic rings. The number of fused-ring (bicyclic) bond motifs is 1. The Morgan fingerprint density at radius 3 is 2.80 bits per heavy atom. The number of nitrogens with two attached hydrogens (primary N) is 1. The molecule has 1 saturated carbocycles. The van der Waals surface area contributed by atoms with Gasteiger partial charge in [0, 0.05) is 6.54 Å². The Labute approximate surface area is 119 Å². The van der Waals surface area contributed by atoms with Gasteiger partial charge in [0.2, 0.25) is 5.89 Å². The van der Waals surface area contributed by atoms with Crippen molar-refractivity contribution in [3.8, 4) is 5.75 Å². The molecule has 0 amide bonds. The summed E-state index contributed by atoms with van der Waals surface area (Å²) in [6, 6.07) is 5.77. The van der Waals surface area contributed by atoms with Gasteiger partial charge in [-0.25, -0.2) is 4.98 Å². The first kappa shape index (κ1) is 13.4. The highest BCUT2D eigenvalue weighted by atomic mass is 16.5. The van der Waals surface area contributed by atoms with E-state index < -0.39 is 0 Å². The van der Waals surface area contributed by atoms with Crippen LogP contribution in [0.3, 0.4) is 0 Å². The van der Waals surface area contributed by atoms with Crippen LogP contribution in [0.15, 0.2) is 22.6 Å². The molecule has 20 heavy (non-hydrogen) atoms. The van der Waals surface area contributed by atoms with Crippen LogP contribution < -0.4 is 10.5 Å². The maximum atomic E-state index is 6.08. The van der Waals surface area contributed by atoms with Crippen LogP contribution in [0.5, 0.6) is 5.75 Å². The van der Waals surface area contributed by atoms with Crippen LogP contribution in [0.25, 0.3) is 11.1 Å². The average Bonchev–Trinajstić information content (AvgIpc) is 2.93. The topological polar surface area (TPSA) is 61.3 Å². The van der Waals surface area contributed by atoms with E-state index in [1.165, 1.54) is 12.8 Å². The predicted octanol–water partition coefficient (Wildman–Crippen LogP) is 3.24. The average molecular weight is 274 g/mol. The van der Waals surface area contributed by atoms with Crippen molar-refractivity contribution in [2.45, 2.75) is 38.0 Å². The molecule has 0 bridgehead atoms. The van der Waals surface area contributed by atoms with Crippen LogP contribution in [-0.4, -0.2) is 18.6 Å². The third-order valence-corrected chi connectivity index (χ3v) is 4.68. The fraction of sp³-hybridized carbons (Fsp3) is 0.562. The molecular weight excluding hydrogens is 252 g/mol. The summed E-state index contributed by atoms with van der Waals surface area (Å²) in [5, 5.41) is 0. The molecule has 0 saturated heterocycles. The lowest BCUT2D eigenvalue weighted by Gasteiger charge is -2.35. The molecule has 1 heterocycles. The van der Waals surface area contributed by atoms with Crippen molar-refractivity contribution in [3.63, 3.8) is 0 Å². The first-order valence-corrected chi connectivity index (χ1v) is 7.32. The Morgan fingerprint density at radius 1 is 1.40 bits per heavy atom. The Balaban J connectivity index is 2.04. The van der Waals surface area contributed by atoms with Gasteiger partial charge in [0.15, 0.2) is 11.1 Å². The van der Waals surface area contributed by atoms with Crippen LogP contribution >= 0.6 is 0 Å². The summed E-state index contributed by atoms with van der Waals surface area (Å²) >= 11 is 0. The maximum Gasteiger partial charge on any atom is 0.203 e. The quantitative estimate of drug-likeness (QED) is 0.933. The van der Waals surface area contributed by atoms with Gasteiger partial charge in [0.05, 0.1) is 12.5 Å². The molecule has 2 aromatic rings. The summed E-state index contributed by atoms with van der Waals surface area (Å²) in [4.78, 5) is 4.70. The molecule has 1 fully saturated rings. The number of aromatic nitrogens is 1. The smallest absolute Gasteiger partial charge is 0.203 e. The number of nitrogens with zero attached hydrogens (tertiary/aromatic N) is 1. The fourth-order valence-corrected chi connectivity index (χ4v) is 3.13. The lowest BCUT2D eigenvalue weighted by Crippen LogP contribution is -2.38. The minimum Gasteiger partial charge on any atom is -0.494 e. The SMILES string of the molecule is COc1cccc2oc(C3(CN)CCC(C)CC3)nc12. The summed E-state index contributed by atoms with van der Waals surface area (Å²) in [5.74, 6) is 2.31. The standard InChI is InChI=1S/C16H22N2O2/c1-11-6-8-16(10-17,9-7-11)15-18-14-12(19-2)4-3-5-13(14)20-15/h3-5,11H,6-10,17H2,1-2H3. The Morgan fingerprint density at radius 2 is 2.15 bits per heavy atom. The minimum absolute atomic E-state index is 0.101. The first-order chi connectivity index (χ1) is 9.68. The van der Waals surface area contributed by atoms with E-state index in [-0.39, 0.29) is 5.41 Å². The molecule has 1 aromatic carbocycles. The van der Waals surface area contributed by atoms with Crippen molar-refractivity contribution >= 4 is 11.1 Å². The largest absolute Gasteiger partial charge is 0.494 e. The number of rotatable bonds is 3. The molecule has 0 unspecified atom stereocenters. The summed E-state index contributed by atoms with van der Waals surface area (Å²) in [5.41, 5.74) is 7.56. The van der Waals surface area contributed by atoms with Crippen LogP contribution in [0.2, 0.25) is 0 Å². The Bertz CT molecular complexity index is 598. The van der Waals surface area contributed by atoms with Crippen LogP contribution in [-0.2, 0) is 5.41 Å². The highest BCUT2D eigenvalue weighted by Crippen LogP contribution is 2.42. The number of benzene rings is 1. The monoisotopic (exact) mass is 274 g/mol. The van der Waals surface area contributed by atoms with E-state index in [4.69, 9.17) is 19.9 Å². The van der Waals surface area contributed by atoms with Crippen LogP contribution in [0.4, 0.5) is 0 Å². The molecule has 4 nitrogen and oxygen atoms in total.